The van der Waals surface area contributed by atoms with E-state index in [-0.39, 0.29) is 30.6 Å². The quantitative estimate of drug-likeness (QED) is 0.691. The van der Waals surface area contributed by atoms with Crippen molar-refractivity contribution in [2.75, 3.05) is 11.6 Å². The molecule has 4 nitrogen and oxygen atoms in total. The van der Waals surface area contributed by atoms with Gasteiger partial charge in [-0.2, -0.15) is 0 Å². The number of benzene rings is 1. The van der Waals surface area contributed by atoms with Crippen LogP contribution in [0.1, 0.15) is 31.2 Å². The standard InChI is InChI=1S/C17H21NO3S/c19-11-15-12-22-13-18(15)17(21)10-9-16(20)8-4-7-14-5-2-1-3-6-14/h1-3,5-6,11,15H,4,7-10,12-13H2/t15-/m1/s1. The predicted molar refractivity (Wildman–Crippen MR) is 87.6 cm³/mol. The van der Waals surface area contributed by atoms with E-state index in [0.717, 1.165) is 19.1 Å². The number of Topliss-reactive ketones (excluding diaryl/α,β-unsaturated/α-hetero) is 1. The van der Waals surface area contributed by atoms with E-state index >= 15 is 0 Å². The molecule has 1 amide bonds. The summed E-state index contributed by atoms with van der Waals surface area (Å²) in [5.41, 5.74) is 1.23. The van der Waals surface area contributed by atoms with Crippen LogP contribution in [-0.4, -0.2) is 40.5 Å². The molecule has 2 rings (SSSR count). The number of hydrogen-bond donors (Lipinski definition) is 0. The molecule has 0 spiro atoms. The molecule has 1 fully saturated rings. The number of aldehydes is 1. The Morgan fingerprint density at radius 1 is 1.18 bits per heavy atom. The number of nitrogens with zero attached hydrogens (tertiary/aromatic N) is 1. The molecule has 1 aliphatic heterocycles. The third-order valence-corrected chi connectivity index (χ3v) is 4.82. The van der Waals surface area contributed by atoms with Gasteiger partial charge in [-0.25, -0.2) is 0 Å². The number of hydrogen-bond acceptors (Lipinski definition) is 4. The number of carbonyl (C=O) groups is 3. The highest BCUT2D eigenvalue weighted by molar-refractivity contribution is 7.99. The van der Waals surface area contributed by atoms with Gasteiger partial charge in [0.25, 0.3) is 0 Å². The van der Waals surface area contributed by atoms with Crippen LogP contribution in [0.25, 0.3) is 0 Å². The van der Waals surface area contributed by atoms with Crippen LogP contribution in [0.4, 0.5) is 0 Å². The van der Waals surface area contributed by atoms with E-state index in [1.54, 1.807) is 16.7 Å². The summed E-state index contributed by atoms with van der Waals surface area (Å²) in [4.78, 5) is 36.3. The lowest BCUT2D eigenvalue weighted by Crippen LogP contribution is -2.37. The average molecular weight is 319 g/mol. The minimum Gasteiger partial charge on any atom is -0.323 e. The van der Waals surface area contributed by atoms with Crippen molar-refractivity contribution in [1.82, 2.24) is 4.90 Å². The second-order valence-electron chi connectivity index (χ2n) is 5.44. The van der Waals surface area contributed by atoms with Crippen LogP contribution in [-0.2, 0) is 20.8 Å². The number of aryl methyl sites for hydroxylation is 1. The minimum atomic E-state index is -0.314. The summed E-state index contributed by atoms with van der Waals surface area (Å²) in [5, 5.41) is 0. The van der Waals surface area contributed by atoms with Gasteiger partial charge in [0, 0.05) is 25.0 Å². The molecule has 0 bridgehead atoms. The lowest BCUT2D eigenvalue weighted by molar-refractivity contribution is -0.135. The molecule has 0 aliphatic carbocycles. The van der Waals surface area contributed by atoms with Gasteiger partial charge in [-0.05, 0) is 18.4 Å². The summed E-state index contributed by atoms with van der Waals surface area (Å²) in [6.07, 6.45) is 3.52. The van der Waals surface area contributed by atoms with Crippen LogP contribution in [0.3, 0.4) is 0 Å². The first-order valence-corrected chi connectivity index (χ1v) is 8.74. The van der Waals surface area contributed by atoms with Gasteiger partial charge in [0.15, 0.2) is 0 Å². The predicted octanol–water partition coefficient (Wildman–Crippen LogP) is 2.46. The molecule has 1 atom stereocenters. The van der Waals surface area contributed by atoms with Gasteiger partial charge in [-0.15, -0.1) is 11.8 Å². The summed E-state index contributed by atoms with van der Waals surface area (Å²) in [7, 11) is 0. The van der Waals surface area contributed by atoms with E-state index in [1.165, 1.54) is 5.56 Å². The Labute approximate surface area is 135 Å². The van der Waals surface area contributed by atoms with E-state index in [4.69, 9.17) is 0 Å². The topological polar surface area (TPSA) is 54.5 Å². The van der Waals surface area contributed by atoms with E-state index in [1.807, 2.05) is 18.2 Å². The van der Waals surface area contributed by atoms with Crippen molar-refractivity contribution >= 4 is 29.7 Å². The van der Waals surface area contributed by atoms with Gasteiger partial charge in [0.1, 0.15) is 12.1 Å². The van der Waals surface area contributed by atoms with Crippen LogP contribution < -0.4 is 0 Å². The maximum atomic E-state index is 12.0. The second kappa shape index (κ2) is 8.73. The van der Waals surface area contributed by atoms with Crippen molar-refractivity contribution in [3.63, 3.8) is 0 Å². The Balaban J connectivity index is 1.65. The summed E-state index contributed by atoms with van der Waals surface area (Å²) in [6, 6.07) is 9.76. The van der Waals surface area contributed by atoms with Crippen LogP contribution in [0, 0.1) is 0 Å². The van der Waals surface area contributed by atoms with E-state index in [0.29, 0.717) is 18.1 Å². The Bertz CT molecular complexity index is 518. The van der Waals surface area contributed by atoms with Crippen molar-refractivity contribution in [2.45, 2.75) is 38.1 Å². The lowest BCUT2D eigenvalue weighted by atomic mass is 10.0. The Kier molecular flexibility index (Phi) is 6.65. The van der Waals surface area contributed by atoms with Crippen LogP contribution in [0.2, 0.25) is 0 Å². The molecule has 1 aliphatic rings. The fraction of sp³-hybridized carbons (Fsp3) is 0.471. The average Bonchev–Trinajstić information content (AvgIpc) is 3.02. The Morgan fingerprint density at radius 3 is 2.68 bits per heavy atom. The molecule has 5 heteroatoms. The maximum absolute atomic E-state index is 12.0. The molecule has 1 aromatic rings. The number of carbonyl (C=O) groups excluding carboxylic acids is 3. The number of rotatable bonds is 8. The largest absolute Gasteiger partial charge is 0.323 e. The normalized spacial score (nSPS) is 17.5. The monoisotopic (exact) mass is 319 g/mol. The van der Waals surface area contributed by atoms with Gasteiger partial charge in [-0.1, -0.05) is 30.3 Å². The Hall–Kier alpha value is -1.62. The highest BCUT2D eigenvalue weighted by Gasteiger charge is 2.28. The second-order valence-corrected chi connectivity index (χ2v) is 6.44. The molecule has 118 valence electrons. The van der Waals surface area contributed by atoms with E-state index < -0.39 is 0 Å². The molecule has 22 heavy (non-hydrogen) atoms. The first kappa shape index (κ1) is 16.7. The van der Waals surface area contributed by atoms with Gasteiger partial charge in [-0.3, -0.25) is 9.59 Å². The van der Waals surface area contributed by atoms with Gasteiger partial charge in [0.05, 0.1) is 11.9 Å². The fourth-order valence-corrected chi connectivity index (χ4v) is 3.61. The van der Waals surface area contributed by atoms with Crippen molar-refractivity contribution in [2.24, 2.45) is 0 Å². The van der Waals surface area contributed by atoms with Crippen LogP contribution in [0.15, 0.2) is 30.3 Å². The van der Waals surface area contributed by atoms with Crippen molar-refractivity contribution < 1.29 is 14.4 Å². The first-order valence-electron chi connectivity index (χ1n) is 7.59. The SMILES string of the molecule is O=C[C@@H]1CSCN1C(=O)CCC(=O)CCCc1ccccc1. The zero-order valence-electron chi connectivity index (χ0n) is 12.6. The third kappa shape index (κ3) is 4.98. The van der Waals surface area contributed by atoms with Crippen LogP contribution >= 0.6 is 11.8 Å². The molecular formula is C17H21NO3S. The molecule has 0 N–H and O–H groups in total. The van der Waals surface area contributed by atoms with Gasteiger partial charge < -0.3 is 9.69 Å². The molecule has 0 radical (unpaired) electrons. The fourth-order valence-electron chi connectivity index (χ4n) is 2.48. The third-order valence-electron chi connectivity index (χ3n) is 3.78. The number of amides is 1. The summed E-state index contributed by atoms with van der Waals surface area (Å²) >= 11 is 1.58. The Morgan fingerprint density at radius 2 is 1.95 bits per heavy atom. The van der Waals surface area contributed by atoms with Crippen molar-refractivity contribution in [1.29, 1.82) is 0 Å². The number of ketones is 1. The minimum absolute atomic E-state index is 0.0847. The van der Waals surface area contributed by atoms with E-state index in [9.17, 15) is 14.4 Å². The highest BCUT2D eigenvalue weighted by Crippen LogP contribution is 2.20. The smallest absolute Gasteiger partial charge is 0.224 e. The van der Waals surface area contributed by atoms with Gasteiger partial charge >= 0.3 is 0 Å². The first-order chi connectivity index (χ1) is 10.7. The molecule has 1 heterocycles. The molecule has 0 aromatic heterocycles. The maximum Gasteiger partial charge on any atom is 0.224 e. The van der Waals surface area contributed by atoms with E-state index in [2.05, 4.69) is 12.1 Å². The molecule has 1 aromatic carbocycles. The van der Waals surface area contributed by atoms with Gasteiger partial charge in [0.2, 0.25) is 5.91 Å². The highest BCUT2D eigenvalue weighted by atomic mass is 32.2. The molecule has 0 saturated carbocycles. The molecule has 0 unspecified atom stereocenters. The van der Waals surface area contributed by atoms with Crippen molar-refractivity contribution in [3.05, 3.63) is 35.9 Å². The molecule has 1 saturated heterocycles. The zero-order valence-corrected chi connectivity index (χ0v) is 13.4. The summed E-state index contributed by atoms with van der Waals surface area (Å²) in [6.45, 7) is 0. The summed E-state index contributed by atoms with van der Waals surface area (Å²) < 4.78 is 0. The summed E-state index contributed by atoms with van der Waals surface area (Å²) in [5.74, 6) is 1.27. The number of thioether (sulfide) groups is 1. The van der Waals surface area contributed by atoms with Crippen molar-refractivity contribution in [3.8, 4) is 0 Å². The zero-order chi connectivity index (χ0) is 15.8. The molecular weight excluding hydrogens is 298 g/mol. The van der Waals surface area contributed by atoms with Crippen LogP contribution in [0.5, 0.6) is 0 Å². The lowest BCUT2D eigenvalue weighted by Gasteiger charge is -2.19.